The highest BCUT2D eigenvalue weighted by Gasteiger charge is 2.21. The van der Waals surface area contributed by atoms with Gasteiger partial charge in [0.25, 0.3) is 0 Å². The quantitative estimate of drug-likeness (QED) is 0.794. The molecule has 2 unspecified atom stereocenters. The van der Waals surface area contributed by atoms with E-state index in [1.807, 2.05) is 13.8 Å². The highest BCUT2D eigenvalue weighted by atomic mass is 16.1. The lowest BCUT2D eigenvalue weighted by atomic mass is 9.99. The first-order chi connectivity index (χ1) is 8.95. The molecule has 0 aliphatic rings. The molecule has 0 aromatic heterocycles. The lowest BCUT2D eigenvalue weighted by Crippen LogP contribution is -2.45. The summed E-state index contributed by atoms with van der Waals surface area (Å²) in [6.45, 7) is 8.24. The van der Waals surface area contributed by atoms with E-state index >= 15 is 0 Å². The van der Waals surface area contributed by atoms with Crippen molar-refractivity contribution in [2.75, 3.05) is 0 Å². The third-order valence-corrected chi connectivity index (χ3v) is 3.42. The molecule has 1 aromatic carbocycles. The third-order valence-electron chi connectivity index (χ3n) is 3.42. The number of amides is 1. The molecule has 0 bridgehead atoms. The first kappa shape index (κ1) is 15.7. The van der Waals surface area contributed by atoms with Crippen molar-refractivity contribution in [1.29, 1.82) is 0 Å². The summed E-state index contributed by atoms with van der Waals surface area (Å²) >= 11 is 0. The Morgan fingerprint density at radius 2 is 1.79 bits per heavy atom. The summed E-state index contributed by atoms with van der Waals surface area (Å²) in [7, 11) is 0. The van der Waals surface area contributed by atoms with Crippen LogP contribution < -0.4 is 11.1 Å². The molecule has 0 saturated carbocycles. The molecule has 2 atom stereocenters. The smallest absolute Gasteiger partial charge is 0.234 e. The Morgan fingerprint density at radius 3 is 2.21 bits per heavy atom. The molecule has 1 amide bonds. The largest absolute Gasteiger partial charge is 0.368 e. The fraction of sp³-hybridized carbons (Fsp3) is 0.562. The zero-order valence-electron chi connectivity index (χ0n) is 12.4. The van der Waals surface area contributed by atoms with Gasteiger partial charge in [-0.25, -0.2) is 0 Å². The van der Waals surface area contributed by atoms with Crippen LogP contribution in [0.3, 0.4) is 0 Å². The van der Waals surface area contributed by atoms with Crippen LogP contribution >= 0.6 is 0 Å². The number of carbonyl (C=O) groups excluding carboxylic acids is 1. The first-order valence-electron chi connectivity index (χ1n) is 7.09. The fourth-order valence-electron chi connectivity index (χ4n) is 2.23. The Labute approximate surface area is 116 Å². The van der Waals surface area contributed by atoms with Crippen LogP contribution in [0, 0.1) is 5.92 Å². The molecule has 0 radical (unpaired) electrons. The lowest BCUT2D eigenvalue weighted by Gasteiger charge is -2.24. The van der Waals surface area contributed by atoms with Gasteiger partial charge in [-0.3, -0.25) is 10.1 Å². The number of nitrogens with two attached hydrogens (primary N) is 1. The second-order valence-corrected chi connectivity index (χ2v) is 5.50. The van der Waals surface area contributed by atoms with Gasteiger partial charge < -0.3 is 5.73 Å². The van der Waals surface area contributed by atoms with Crippen molar-refractivity contribution >= 4 is 5.91 Å². The predicted octanol–water partition coefficient (Wildman–Crippen LogP) is 2.80. The van der Waals surface area contributed by atoms with E-state index in [0.717, 1.165) is 12.8 Å². The van der Waals surface area contributed by atoms with Crippen LogP contribution in [0.15, 0.2) is 24.3 Å². The summed E-state index contributed by atoms with van der Waals surface area (Å²) in [5.41, 5.74) is 7.97. The highest BCUT2D eigenvalue weighted by Crippen LogP contribution is 2.16. The van der Waals surface area contributed by atoms with E-state index in [4.69, 9.17) is 5.73 Å². The molecular formula is C16H26N2O. The van der Waals surface area contributed by atoms with Crippen molar-refractivity contribution in [2.24, 2.45) is 11.7 Å². The molecule has 0 aliphatic carbocycles. The Bertz CT molecular complexity index is 398. The molecule has 0 fully saturated rings. The van der Waals surface area contributed by atoms with E-state index in [2.05, 4.69) is 43.4 Å². The molecule has 19 heavy (non-hydrogen) atoms. The highest BCUT2D eigenvalue weighted by molar-refractivity contribution is 5.80. The lowest BCUT2D eigenvalue weighted by molar-refractivity contribution is -0.121. The maximum Gasteiger partial charge on any atom is 0.234 e. The van der Waals surface area contributed by atoms with E-state index in [0.29, 0.717) is 0 Å². The van der Waals surface area contributed by atoms with E-state index in [9.17, 15) is 4.79 Å². The van der Waals surface area contributed by atoms with Crippen LogP contribution in [-0.4, -0.2) is 11.9 Å². The van der Waals surface area contributed by atoms with E-state index in [1.165, 1.54) is 11.1 Å². The normalized spacial score (nSPS) is 14.4. The SMILES string of the molecule is CCCc1ccc(C(C)NC(C(N)=O)C(C)C)cc1. The van der Waals surface area contributed by atoms with Gasteiger partial charge in [0.1, 0.15) is 0 Å². The summed E-state index contributed by atoms with van der Waals surface area (Å²) in [4.78, 5) is 11.4. The molecule has 1 aromatic rings. The molecule has 3 nitrogen and oxygen atoms in total. The molecular weight excluding hydrogens is 236 g/mol. The van der Waals surface area contributed by atoms with E-state index in [-0.39, 0.29) is 23.9 Å². The van der Waals surface area contributed by atoms with Crippen molar-refractivity contribution in [3.63, 3.8) is 0 Å². The molecule has 3 heteroatoms. The Balaban J connectivity index is 2.71. The van der Waals surface area contributed by atoms with Gasteiger partial charge in [-0.2, -0.15) is 0 Å². The fourth-order valence-corrected chi connectivity index (χ4v) is 2.23. The summed E-state index contributed by atoms with van der Waals surface area (Å²) in [6, 6.07) is 8.40. The number of hydrogen-bond donors (Lipinski definition) is 2. The zero-order valence-corrected chi connectivity index (χ0v) is 12.4. The number of primary amides is 1. The number of rotatable bonds is 7. The number of aryl methyl sites for hydroxylation is 1. The van der Waals surface area contributed by atoms with Gasteiger partial charge >= 0.3 is 0 Å². The predicted molar refractivity (Wildman–Crippen MR) is 79.8 cm³/mol. The van der Waals surface area contributed by atoms with Crippen molar-refractivity contribution in [3.05, 3.63) is 35.4 Å². The summed E-state index contributed by atoms with van der Waals surface area (Å²) in [5.74, 6) is -0.0937. The van der Waals surface area contributed by atoms with Gasteiger partial charge in [0, 0.05) is 6.04 Å². The maximum absolute atomic E-state index is 11.4. The van der Waals surface area contributed by atoms with Gasteiger partial charge in [0.05, 0.1) is 6.04 Å². The molecule has 0 aliphatic heterocycles. The second-order valence-electron chi connectivity index (χ2n) is 5.50. The Hall–Kier alpha value is -1.35. The first-order valence-corrected chi connectivity index (χ1v) is 7.09. The monoisotopic (exact) mass is 262 g/mol. The maximum atomic E-state index is 11.4. The standard InChI is InChI=1S/C16H26N2O/c1-5-6-13-7-9-14(10-8-13)12(4)18-15(11(2)3)16(17)19/h7-12,15,18H,5-6H2,1-4H3,(H2,17,19). The van der Waals surface area contributed by atoms with Crippen LogP contribution in [-0.2, 0) is 11.2 Å². The molecule has 1 rings (SSSR count). The Morgan fingerprint density at radius 1 is 1.21 bits per heavy atom. The molecule has 0 heterocycles. The number of nitrogens with one attached hydrogen (secondary N) is 1. The average Bonchev–Trinajstić information content (AvgIpc) is 2.36. The minimum atomic E-state index is -0.288. The zero-order chi connectivity index (χ0) is 14.4. The van der Waals surface area contributed by atoms with Crippen molar-refractivity contribution in [2.45, 2.75) is 52.6 Å². The van der Waals surface area contributed by atoms with Gasteiger partial charge in [0.15, 0.2) is 0 Å². The summed E-state index contributed by atoms with van der Waals surface area (Å²) < 4.78 is 0. The van der Waals surface area contributed by atoms with Crippen LogP contribution in [0.1, 0.15) is 51.3 Å². The second kappa shape index (κ2) is 7.29. The topological polar surface area (TPSA) is 55.1 Å². The van der Waals surface area contributed by atoms with Crippen molar-refractivity contribution in [1.82, 2.24) is 5.32 Å². The molecule has 0 spiro atoms. The van der Waals surface area contributed by atoms with E-state index in [1.54, 1.807) is 0 Å². The Kier molecular flexibility index (Phi) is 6.03. The number of hydrogen-bond acceptors (Lipinski definition) is 2. The summed E-state index contributed by atoms with van der Waals surface area (Å²) in [6.07, 6.45) is 2.27. The molecule has 106 valence electrons. The minimum Gasteiger partial charge on any atom is -0.368 e. The van der Waals surface area contributed by atoms with Crippen molar-refractivity contribution < 1.29 is 4.79 Å². The van der Waals surface area contributed by atoms with Crippen LogP contribution in [0.2, 0.25) is 0 Å². The summed E-state index contributed by atoms with van der Waals surface area (Å²) in [5, 5.41) is 3.31. The van der Waals surface area contributed by atoms with Crippen LogP contribution in [0.25, 0.3) is 0 Å². The number of benzene rings is 1. The van der Waals surface area contributed by atoms with Gasteiger partial charge in [-0.1, -0.05) is 51.5 Å². The van der Waals surface area contributed by atoms with Gasteiger partial charge in [0.2, 0.25) is 5.91 Å². The van der Waals surface area contributed by atoms with Gasteiger partial charge in [-0.05, 0) is 30.4 Å². The number of carbonyl (C=O) groups is 1. The van der Waals surface area contributed by atoms with Crippen LogP contribution in [0.4, 0.5) is 0 Å². The van der Waals surface area contributed by atoms with Crippen molar-refractivity contribution in [3.8, 4) is 0 Å². The molecule has 3 N–H and O–H groups in total. The minimum absolute atomic E-state index is 0.121. The average molecular weight is 262 g/mol. The van der Waals surface area contributed by atoms with E-state index < -0.39 is 0 Å². The molecule has 0 saturated heterocycles. The van der Waals surface area contributed by atoms with Crippen LogP contribution in [0.5, 0.6) is 0 Å². The third kappa shape index (κ3) is 4.67. The van der Waals surface area contributed by atoms with Gasteiger partial charge in [-0.15, -0.1) is 0 Å².